The van der Waals surface area contributed by atoms with Gasteiger partial charge in [0.15, 0.2) is 0 Å². The van der Waals surface area contributed by atoms with Crippen molar-refractivity contribution in [2.45, 2.75) is 11.8 Å². The van der Waals surface area contributed by atoms with Gasteiger partial charge in [-0.2, -0.15) is 0 Å². The molecule has 0 bridgehead atoms. The number of nitro groups is 1. The van der Waals surface area contributed by atoms with Crippen LogP contribution in [0.3, 0.4) is 0 Å². The highest BCUT2D eigenvalue weighted by molar-refractivity contribution is 7.92. The lowest BCUT2D eigenvalue weighted by atomic mass is 10.2. The SMILES string of the molecule is COc1ccc(N2CCN(C(=O)CN(c3ccc(OC)cc3)S(=O)(=O)c3ccc(C)c([N+](=O)[O-])c3)CC2)cc1. The van der Waals surface area contributed by atoms with Gasteiger partial charge in [-0.05, 0) is 61.5 Å². The van der Waals surface area contributed by atoms with E-state index in [1.165, 1.54) is 38.3 Å². The van der Waals surface area contributed by atoms with Gasteiger partial charge in [0.2, 0.25) is 5.91 Å². The van der Waals surface area contributed by atoms with E-state index in [2.05, 4.69) is 4.90 Å². The lowest BCUT2D eigenvalue weighted by molar-refractivity contribution is -0.385. The summed E-state index contributed by atoms with van der Waals surface area (Å²) < 4.78 is 38.9. The molecule has 0 saturated carbocycles. The van der Waals surface area contributed by atoms with Gasteiger partial charge in [-0.1, -0.05) is 6.07 Å². The number of anilines is 2. The van der Waals surface area contributed by atoms with Gasteiger partial charge >= 0.3 is 0 Å². The van der Waals surface area contributed by atoms with E-state index < -0.39 is 21.5 Å². The van der Waals surface area contributed by atoms with E-state index in [1.807, 2.05) is 24.3 Å². The van der Waals surface area contributed by atoms with Crippen LogP contribution in [0.25, 0.3) is 0 Å². The number of rotatable bonds is 9. The monoisotopic (exact) mass is 554 g/mol. The molecule has 3 aromatic rings. The molecule has 12 heteroatoms. The molecule has 0 aromatic heterocycles. The minimum atomic E-state index is -4.32. The summed E-state index contributed by atoms with van der Waals surface area (Å²) in [7, 11) is -1.23. The van der Waals surface area contributed by atoms with Crippen molar-refractivity contribution in [2.24, 2.45) is 0 Å². The number of carbonyl (C=O) groups is 1. The third-order valence-electron chi connectivity index (χ3n) is 6.67. The van der Waals surface area contributed by atoms with E-state index in [1.54, 1.807) is 24.1 Å². The number of hydrogen-bond acceptors (Lipinski definition) is 8. The van der Waals surface area contributed by atoms with Crippen LogP contribution < -0.4 is 18.7 Å². The van der Waals surface area contributed by atoms with E-state index >= 15 is 0 Å². The molecule has 0 aliphatic carbocycles. The summed E-state index contributed by atoms with van der Waals surface area (Å²) in [6.45, 7) is 3.06. The van der Waals surface area contributed by atoms with Crippen molar-refractivity contribution in [3.8, 4) is 11.5 Å². The number of amides is 1. The van der Waals surface area contributed by atoms with Crippen molar-refractivity contribution in [1.29, 1.82) is 0 Å². The largest absolute Gasteiger partial charge is 0.497 e. The second kappa shape index (κ2) is 11.6. The maximum absolute atomic E-state index is 13.8. The molecule has 1 fully saturated rings. The fourth-order valence-corrected chi connectivity index (χ4v) is 5.80. The van der Waals surface area contributed by atoms with Crippen molar-refractivity contribution in [2.75, 3.05) is 56.1 Å². The van der Waals surface area contributed by atoms with Gasteiger partial charge in [0.05, 0.1) is 29.7 Å². The first-order valence-electron chi connectivity index (χ1n) is 12.2. The Kier molecular flexibility index (Phi) is 8.24. The molecule has 0 unspecified atom stereocenters. The quantitative estimate of drug-likeness (QED) is 0.291. The molecule has 11 nitrogen and oxygen atoms in total. The molecule has 39 heavy (non-hydrogen) atoms. The van der Waals surface area contributed by atoms with Crippen LogP contribution in [-0.4, -0.2) is 71.1 Å². The molecule has 1 aliphatic heterocycles. The number of nitrogens with zero attached hydrogens (tertiary/aromatic N) is 4. The minimum Gasteiger partial charge on any atom is -0.497 e. The summed E-state index contributed by atoms with van der Waals surface area (Å²) in [5.74, 6) is 0.903. The molecule has 0 radical (unpaired) electrons. The molecule has 4 rings (SSSR count). The maximum Gasteiger partial charge on any atom is 0.273 e. The number of hydrogen-bond donors (Lipinski definition) is 0. The Hall–Kier alpha value is -4.32. The first-order valence-corrected chi connectivity index (χ1v) is 13.7. The Balaban J connectivity index is 1.57. The van der Waals surface area contributed by atoms with Crippen LogP contribution in [-0.2, 0) is 14.8 Å². The van der Waals surface area contributed by atoms with Gasteiger partial charge in [0.25, 0.3) is 15.7 Å². The van der Waals surface area contributed by atoms with Crippen LogP contribution in [0, 0.1) is 17.0 Å². The number of nitro benzene ring substituents is 1. The Morgan fingerprint density at radius 2 is 1.49 bits per heavy atom. The summed E-state index contributed by atoms with van der Waals surface area (Å²) in [5, 5.41) is 11.5. The minimum absolute atomic E-state index is 0.240. The number of methoxy groups -OCH3 is 2. The molecule has 0 spiro atoms. The normalized spacial score (nSPS) is 13.6. The van der Waals surface area contributed by atoms with Gasteiger partial charge < -0.3 is 19.3 Å². The molecule has 1 amide bonds. The van der Waals surface area contributed by atoms with E-state index in [9.17, 15) is 23.3 Å². The highest BCUT2D eigenvalue weighted by Crippen LogP contribution is 2.29. The topological polar surface area (TPSA) is 123 Å². The average Bonchev–Trinajstić information content (AvgIpc) is 2.96. The Morgan fingerprint density at radius 3 is 2.03 bits per heavy atom. The Morgan fingerprint density at radius 1 is 0.923 bits per heavy atom. The van der Waals surface area contributed by atoms with Crippen molar-refractivity contribution in [1.82, 2.24) is 4.90 Å². The summed E-state index contributed by atoms with van der Waals surface area (Å²) in [4.78, 5) is 27.7. The lowest BCUT2D eigenvalue weighted by Gasteiger charge is -2.37. The fourth-order valence-electron chi connectivity index (χ4n) is 4.37. The summed E-state index contributed by atoms with van der Waals surface area (Å²) in [6.07, 6.45) is 0. The third-order valence-corrected chi connectivity index (χ3v) is 8.44. The number of aryl methyl sites for hydroxylation is 1. The maximum atomic E-state index is 13.8. The van der Waals surface area contributed by atoms with E-state index in [-0.39, 0.29) is 22.2 Å². The number of sulfonamides is 1. The van der Waals surface area contributed by atoms with E-state index in [0.29, 0.717) is 37.5 Å². The van der Waals surface area contributed by atoms with E-state index in [4.69, 9.17) is 9.47 Å². The summed E-state index contributed by atoms with van der Waals surface area (Å²) in [5.41, 5.74) is 1.27. The molecule has 1 heterocycles. The van der Waals surface area contributed by atoms with Crippen LogP contribution in [0.1, 0.15) is 5.56 Å². The molecule has 0 N–H and O–H groups in total. The third kappa shape index (κ3) is 6.06. The van der Waals surface area contributed by atoms with Gasteiger partial charge in [0.1, 0.15) is 18.0 Å². The highest BCUT2D eigenvalue weighted by atomic mass is 32.2. The molecule has 3 aromatic carbocycles. The zero-order valence-corrected chi connectivity index (χ0v) is 22.8. The molecular weight excluding hydrogens is 524 g/mol. The molecular formula is C27H30N4O7S. The number of piperazine rings is 1. The first kappa shape index (κ1) is 27.7. The van der Waals surface area contributed by atoms with Crippen LogP contribution >= 0.6 is 0 Å². The smallest absolute Gasteiger partial charge is 0.273 e. The van der Waals surface area contributed by atoms with Crippen LogP contribution in [0.4, 0.5) is 17.1 Å². The van der Waals surface area contributed by atoms with Crippen molar-refractivity contribution >= 4 is 33.0 Å². The lowest BCUT2D eigenvalue weighted by Crippen LogP contribution is -2.52. The first-order chi connectivity index (χ1) is 18.6. The predicted octanol–water partition coefficient (Wildman–Crippen LogP) is 3.46. The Bertz CT molecular complexity index is 1440. The number of carbonyl (C=O) groups excluding carboxylic acids is 1. The second-order valence-electron chi connectivity index (χ2n) is 8.98. The molecule has 0 atom stereocenters. The van der Waals surface area contributed by atoms with Crippen LogP contribution in [0.2, 0.25) is 0 Å². The van der Waals surface area contributed by atoms with Crippen LogP contribution in [0.15, 0.2) is 71.6 Å². The predicted molar refractivity (Wildman–Crippen MR) is 147 cm³/mol. The number of benzene rings is 3. The van der Waals surface area contributed by atoms with Gasteiger partial charge in [-0.15, -0.1) is 0 Å². The zero-order chi connectivity index (χ0) is 28.2. The molecule has 206 valence electrons. The Labute approximate surface area is 227 Å². The van der Waals surface area contributed by atoms with Crippen molar-refractivity contribution in [3.63, 3.8) is 0 Å². The number of ether oxygens (including phenoxy) is 2. The molecule has 1 aliphatic rings. The highest BCUT2D eigenvalue weighted by Gasteiger charge is 2.31. The average molecular weight is 555 g/mol. The van der Waals surface area contributed by atoms with Crippen LogP contribution in [0.5, 0.6) is 11.5 Å². The van der Waals surface area contributed by atoms with Crippen molar-refractivity contribution in [3.05, 3.63) is 82.4 Å². The van der Waals surface area contributed by atoms with E-state index in [0.717, 1.165) is 21.8 Å². The van der Waals surface area contributed by atoms with Gasteiger partial charge in [-0.25, -0.2) is 8.42 Å². The van der Waals surface area contributed by atoms with Crippen molar-refractivity contribution < 1.29 is 27.6 Å². The molecule has 1 saturated heterocycles. The fraction of sp³-hybridized carbons (Fsp3) is 0.296. The standard InChI is InChI=1S/C27H30N4O7S/c1-20-4-13-25(18-26(20)31(33)34)39(35,36)30(22-7-11-24(38-3)12-8-22)19-27(32)29-16-14-28(15-17-29)21-5-9-23(37-2)10-6-21/h4-13,18H,14-17,19H2,1-3H3. The van der Waals surface area contributed by atoms with Gasteiger partial charge in [-0.3, -0.25) is 19.2 Å². The second-order valence-corrected chi connectivity index (χ2v) is 10.8. The van der Waals surface area contributed by atoms with Gasteiger partial charge in [0, 0.05) is 43.5 Å². The summed E-state index contributed by atoms with van der Waals surface area (Å²) in [6, 6.07) is 17.6. The zero-order valence-electron chi connectivity index (χ0n) is 21.9. The summed E-state index contributed by atoms with van der Waals surface area (Å²) >= 11 is 0.